The van der Waals surface area contributed by atoms with Crippen LogP contribution in [0.3, 0.4) is 0 Å². The summed E-state index contributed by atoms with van der Waals surface area (Å²) in [5.74, 6) is 6.00. The van der Waals surface area contributed by atoms with Crippen LogP contribution in [-0.4, -0.2) is 35.1 Å². The summed E-state index contributed by atoms with van der Waals surface area (Å²) in [5, 5.41) is 8.75. The topological polar surface area (TPSA) is 40.5 Å². The molecule has 112 valence electrons. The van der Waals surface area contributed by atoms with Gasteiger partial charge in [-0.25, -0.2) is 0 Å². The molecule has 1 heterocycles. The maximum absolute atomic E-state index is 12.7. The van der Waals surface area contributed by atoms with Crippen molar-refractivity contribution >= 4 is 5.91 Å². The molecule has 0 spiro atoms. The molecule has 1 amide bonds. The molecule has 0 saturated carbocycles. The molecule has 1 atom stereocenters. The average molecular weight is 285 g/mol. The van der Waals surface area contributed by atoms with Crippen molar-refractivity contribution in [3.8, 4) is 11.8 Å². The Morgan fingerprint density at radius 3 is 3.05 bits per heavy atom. The number of carbonyl (C=O) groups excluding carboxylic acids is 1. The summed E-state index contributed by atoms with van der Waals surface area (Å²) in [6.45, 7) is 3.07. The van der Waals surface area contributed by atoms with Crippen LogP contribution < -0.4 is 0 Å². The second kappa shape index (κ2) is 7.85. The summed E-state index contributed by atoms with van der Waals surface area (Å²) in [7, 11) is 0. The summed E-state index contributed by atoms with van der Waals surface area (Å²) in [4.78, 5) is 14.7. The van der Waals surface area contributed by atoms with E-state index in [1.807, 2.05) is 29.2 Å². The number of piperidine rings is 1. The highest BCUT2D eigenvalue weighted by atomic mass is 16.2. The SMILES string of the molecule is CCC1CCCCN1C(=O)c1cccc(C#CCCO)c1. The number of aliphatic hydroxyl groups excluding tert-OH is 1. The Morgan fingerprint density at radius 1 is 1.43 bits per heavy atom. The van der Waals surface area contributed by atoms with Crippen LogP contribution >= 0.6 is 0 Å². The second-order valence-electron chi connectivity index (χ2n) is 5.41. The zero-order valence-corrected chi connectivity index (χ0v) is 12.6. The van der Waals surface area contributed by atoms with Crippen molar-refractivity contribution in [1.82, 2.24) is 4.90 Å². The summed E-state index contributed by atoms with van der Waals surface area (Å²) >= 11 is 0. The van der Waals surface area contributed by atoms with E-state index in [0.29, 0.717) is 18.0 Å². The van der Waals surface area contributed by atoms with E-state index >= 15 is 0 Å². The van der Waals surface area contributed by atoms with E-state index in [4.69, 9.17) is 5.11 Å². The zero-order valence-electron chi connectivity index (χ0n) is 12.6. The smallest absolute Gasteiger partial charge is 0.254 e. The van der Waals surface area contributed by atoms with Gasteiger partial charge in [-0.2, -0.15) is 0 Å². The van der Waals surface area contributed by atoms with E-state index in [-0.39, 0.29) is 12.5 Å². The van der Waals surface area contributed by atoms with Crippen molar-refractivity contribution in [1.29, 1.82) is 0 Å². The number of nitrogens with zero attached hydrogens (tertiary/aromatic N) is 1. The molecule has 3 nitrogen and oxygen atoms in total. The quantitative estimate of drug-likeness (QED) is 0.868. The molecule has 1 fully saturated rings. The van der Waals surface area contributed by atoms with Gasteiger partial charge in [-0.1, -0.05) is 24.8 Å². The van der Waals surface area contributed by atoms with Gasteiger partial charge in [0, 0.05) is 30.1 Å². The number of hydrogen-bond donors (Lipinski definition) is 1. The Morgan fingerprint density at radius 2 is 2.29 bits per heavy atom. The minimum Gasteiger partial charge on any atom is -0.395 e. The first kappa shape index (κ1) is 15.6. The average Bonchev–Trinajstić information content (AvgIpc) is 2.54. The molecule has 1 aliphatic rings. The third kappa shape index (κ3) is 4.09. The Hall–Kier alpha value is -1.79. The number of rotatable bonds is 3. The Labute approximate surface area is 127 Å². The van der Waals surface area contributed by atoms with Gasteiger partial charge in [-0.15, -0.1) is 0 Å². The molecule has 0 radical (unpaired) electrons. The summed E-state index contributed by atoms with van der Waals surface area (Å²) in [5.41, 5.74) is 1.55. The van der Waals surface area contributed by atoms with E-state index in [1.165, 1.54) is 6.42 Å². The third-order valence-corrected chi connectivity index (χ3v) is 3.94. The van der Waals surface area contributed by atoms with E-state index < -0.39 is 0 Å². The molecule has 1 saturated heterocycles. The van der Waals surface area contributed by atoms with Crippen LogP contribution in [0, 0.1) is 11.8 Å². The minimum absolute atomic E-state index is 0.0670. The number of benzene rings is 1. The molecule has 1 aromatic carbocycles. The van der Waals surface area contributed by atoms with Crippen LogP contribution in [0.1, 0.15) is 54.9 Å². The fraction of sp³-hybridized carbons (Fsp3) is 0.500. The first-order chi connectivity index (χ1) is 10.3. The van der Waals surface area contributed by atoms with Gasteiger partial charge >= 0.3 is 0 Å². The molecule has 1 aliphatic heterocycles. The largest absolute Gasteiger partial charge is 0.395 e. The van der Waals surface area contributed by atoms with Gasteiger partial charge in [0.1, 0.15) is 0 Å². The first-order valence-electron chi connectivity index (χ1n) is 7.77. The van der Waals surface area contributed by atoms with Gasteiger partial charge in [0.05, 0.1) is 6.61 Å². The van der Waals surface area contributed by atoms with Crippen LogP contribution in [0.5, 0.6) is 0 Å². The zero-order chi connectivity index (χ0) is 15.1. The van der Waals surface area contributed by atoms with Crippen LogP contribution in [-0.2, 0) is 0 Å². The monoisotopic (exact) mass is 285 g/mol. The van der Waals surface area contributed by atoms with Gasteiger partial charge in [-0.05, 0) is 43.9 Å². The van der Waals surface area contributed by atoms with Crippen molar-refractivity contribution < 1.29 is 9.90 Å². The van der Waals surface area contributed by atoms with Crippen LogP contribution in [0.2, 0.25) is 0 Å². The number of amides is 1. The molecule has 2 rings (SSSR count). The van der Waals surface area contributed by atoms with Gasteiger partial charge in [-0.3, -0.25) is 4.79 Å². The minimum atomic E-state index is 0.0670. The van der Waals surface area contributed by atoms with Gasteiger partial charge in [0.25, 0.3) is 5.91 Å². The highest BCUT2D eigenvalue weighted by Gasteiger charge is 2.26. The number of likely N-dealkylation sites (tertiary alicyclic amines) is 1. The standard InChI is InChI=1S/C18H23NO2/c1-2-17-11-3-5-12-19(17)18(21)16-10-7-9-15(14-16)8-4-6-13-20/h7,9-10,14,17,20H,2-3,5-6,11-13H2,1H3. The van der Waals surface area contributed by atoms with Crippen molar-refractivity contribution in [2.75, 3.05) is 13.2 Å². The van der Waals surface area contributed by atoms with Crippen LogP contribution in [0.4, 0.5) is 0 Å². The summed E-state index contributed by atoms with van der Waals surface area (Å²) in [6, 6.07) is 7.86. The Balaban J connectivity index is 2.15. The Kier molecular flexibility index (Phi) is 5.83. The number of aliphatic hydroxyl groups is 1. The Bertz CT molecular complexity index is 542. The van der Waals surface area contributed by atoms with Gasteiger partial charge in [0.2, 0.25) is 0 Å². The second-order valence-corrected chi connectivity index (χ2v) is 5.41. The maximum Gasteiger partial charge on any atom is 0.254 e. The van der Waals surface area contributed by atoms with E-state index in [1.54, 1.807) is 0 Å². The van der Waals surface area contributed by atoms with Crippen molar-refractivity contribution in [3.63, 3.8) is 0 Å². The fourth-order valence-electron chi connectivity index (χ4n) is 2.81. The molecule has 3 heteroatoms. The molecule has 1 N–H and O–H groups in total. The lowest BCUT2D eigenvalue weighted by Crippen LogP contribution is -2.43. The number of hydrogen-bond acceptors (Lipinski definition) is 2. The molecule has 0 aromatic heterocycles. The lowest BCUT2D eigenvalue weighted by Gasteiger charge is -2.35. The third-order valence-electron chi connectivity index (χ3n) is 3.94. The molecule has 1 aromatic rings. The van der Waals surface area contributed by atoms with Crippen LogP contribution in [0.15, 0.2) is 24.3 Å². The van der Waals surface area contributed by atoms with E-state index in [9.17, 15) is 4.79 Å². The summed E-state index contributed by atoms with van der Waals surface area (Å²) in [6.07, 6.45) is 4.90. The predicted octanol–water partition coefficient (Wildman–Crippen LogP) is 2.83. The fourth-order valence-corrected chi connectivity index (χ4v) is 2.81. The van der Waals surface area contributed by atoms with Crippen molar-refractivity contribution in [2.45, 2.75) is 45.1 Å². The maximum atomic E-state index is 12.7. The van der Waals surface area contributed by atoms with Crippen molar-refractivity contribution in [3.05, 3.63) is 35.4 Å². The highest BCUT2D eigenvalue weighted by Crippen LogP contribution is 2.22. The molecular weight excluding hydrogens is 262 g/mol. The lowest BCUT2D eigenvalue weighted by molar-refractivity contribution is 0.0608. The van der Waals surface area contributed by atoms with Crippen molar-refractivity contribution in [2.24, 2.45) is 0 Å². The molecular formula is C18H23NO2. The molecule has 1 unspecified atom stereocenters. The molecule has 0 bridgehead atoms. The predicted molar refractivity (Wildman–Crippen MR) is 84.0 cm³/mol. The number of carbonyl (C=O) groups is 1. The highest BCUT2D eigenvalue weighted by molar-refractivity contribution is 5.94. The molecule has 0 aliphatic carbocycles. The van der Waals surface area contributed by atoms with E-state index in [2.05, 4.69) is 18.8 Å². The van der Waals surface area contributed by atoms with Gasteiger partial charge < -0.3 is 10.0 Å². The normalized spacial score (nSPS) is 18.0. The first-order valence-corrected chi connectivity index (χ1v) is 7.77. The molecule has 21 heavy (non-hydrogen) atoms. The van der Waals surface area contributed by atoms with E-state index in [0.717, 1.165) is 31.4 Å². The van der Waals surface area contributed by atoms with Crippen LogP contribution in [0.25, 0.3) is 0 Å². The lowest BCUT2D eigenvalue weighted by atomic mass is 9.98. The van der Waals surface area contributed by atoms with Gasteiger partial charge in [0.15, 0.2) is 0 Å². The summed E-state index contributed by atoms with van der Waals surface area (Å²) < 4.78 is 0.